The topological polar surface area (TPSA) is 58.6 Å². The third-order valence-electron chi connectivity index (χ3n) is 4.52. The number of hydrazine groups is 1. The number of hydrogen-bond acceptors (Lipinski definition) is 3. The maximum atomic E-state index is 13.1. The monoisotopic (exact) mass is 454 g/mol. The number of carbonyl (C=O) groups excluding carboxylic acids is 2. The molecule has 2 amide bonds. The number of halogens is 3. The Balaban J connectivity index is 1.92. The summed E-state index contributed by atoms with van der Waals surface area (Å²) < 4.78 is 5.59. The Morgan fingerprint density at radius 1 is 1.07 bits per heavy atom. The van der Waals surface area contributed by atoms with Gasteiger partial charge in [0, 0.05) is 10.6 Å². The van der Waals surface area contributed by atoms with Crippen LogP contribution >= 0.6 is 34.8 Å². The minimum absolute atomic E-state index is 0.204. The standard InChI is InChI=1S/C21H21Cl3N2O3/c1-21(2,3)26(20(28)13-7-6-12(22)11-16(13)23)25-19(27)15-8-9-17-14(18(15)24)5-4-10-29-17/h6-9,11H,4-5,10H2,1-3H3,(H,25,27). The molecule has 0 fully saturated rings. The summed E-state index contributed by atoms with van der Waals surface area (Å²) in [5.41, 5.74) is 3.28. The summed E-state index contributed by atoms with van der Waals surface area (Å²) in [6, 6.07) is 7.92. The maximum Gasteiger partial charge on any atom is 0.274 e. The largest absolute Gasteiger partial charge is 0.493 e. The quantitative estimate of drug-likeness (QED) is 0.603. The molecule has 1 aliphatic heterocycles. The Kier molecular flexibility index (Phi) is 6.32. The zero-order valence-electron chi connectivity index (χ0n) is 16.3. The highest BCUT2D eigenvalue weighted by molar-refractivity contribution is 6.37. The fourth-order valence-electron chi connectivity index (χ4n) is 3.05. The van der Waals surface area contributed by atoms with Crippen LogP contribution in [0.4, 0.5) is 0 Å². The Bertz CT molecular complexity index is 970. The van der Waals surface area contributed by atoms with E-state index in [9.17, 15) is 9.59 Å². The molecule has 1 heterocycles. The second-order valence-electron chi connectivity index (χ2n) is 7.73. The van der Waals surface area contributed by atoms with Gasteiger partial charge >= 0.3 is 0 Å². The highest BCUT2D eigenvalue weighted by Gasteiger charge is 2.31. The van der Waals surface area contributed by atoms with Crippen LogP contribution in [0.2, 0.25) is 15.1 Å². The molecule has 2 aromatic rings. The number of nitrogens with zero attached hydrogens (tertiary/aromatic N) is 1. The summed E-state index contributed by atoms with van der Waals surface area (Å²) >= 11 is 18.6. The van der Waals surface area contributed by atoms with Crippen LogP contribution in [0.25, 0.3) is 0 Å². The van der Waals surface area contributed by atoms with Crippen molar-refractivity contribution in [2.24, 2.45) is 0 Å². The molecule has 0 aliphatic carbocycles. The van der Waals surface area contributed by atoms with E-state index < -0.39 is 17.4 Å². The minimum Gasteiger partial charge on any atom is -0.493 e. The number of nitrogens with one attached hydrogen (secondary N) is 1. The molecule has 8 heteroatoms. The van der Waals surface area contributed by atoms with Crippen molar-refractivity contribution < 1.29 is 14.3 Å². The zero-order chi connectivity index (χ0) is 21.3. The molecule has 0 saturated heterocycles. The predicted octanol–water partition coefficient (Wildman–Crippen LogP) is 5.56. The van der Waals surface area contributed by atoms with Crippen LogP contribution < -0.4 is 10.2 Å². The van der Waals surface area contributed by atoms with Gasteiger partial charge in [-0.15, -0.1) is 0 Å². The number of benzene rings is 2. The van der Waals surface area contributed by atoms with Gasteiger partial charge in [-0.1, -0.05) is 34.8 Å². The van der Waals surface area contributed by atoms with Crippen molar-refractivity contribution >= 4 is 46.6 Å². The van der Waals surface area contributed by atoms with Crippen molar-refractivity contribution in [1.82, 2.24) is 10.4 Å². The number of ether oxygens (including phenoxy) is 1. The van der Waals surface area contributed by atoms with Crippen molar-refractivity contribution in [2.45, 2.75) is 39.2 Å². The van der Waals surface area contributed by atoms with E-state index in [0.29, 0.717) is 22.4 Å². The van der Waals surface area contributed by atoms with Gasteiger partial charge in [0.05, 0.1) is 33.3 Å². The third-order valence-corrected chi connectivity index (χ3v) is 5.50. The maximum absolute atomic E-state index is 13.1. The van der Waals surface area contributed by atoms with Crippen molar-refractivity contribution in [3.63, 3.8) is 0 Å². The summed E-state index contributed by atoms with van der Waals surface area (Å²) in [6.45, 7) is 6.04. The van der Waals surface area contributed by atoms with Crippen molar-refractivity contribution in [2.75, 3.05) is 6.61 Å². The van der Waals surface area contributed by atoms with E-state index in [1.165, 1.54) is 17.1 Å². The summed E-state index contributed by atoms with van der Waals surface area (Å²) in [7, 11) is 0. The fraction of sp³-hybridized carbons (Fsp3) is 0.333. The van der Waals surface area contributed by atoms with Gasteiger partial charge in [0.15, 0.2) is 0 Å². The summed E-state index contributed by atoms with van der Waals surface area (Å²) in [4.78, 5) is 26.1. The van der Waals surface area contributed by atoms with Gasteiger partial charge in [-0.05, 0) is 63.9 Å². The van der Waals surface area contributed by atoms with Crippen LogP contribution in [0, 0.1) is 0 Å². The first-order valence-electron chi connectivity index (χ1n) is 9.14. The van der Waals surface area contributed by atoms with Crippen LogP contribution in [0.5, 0.6) is 5.75 Å². The van der Waals surface area contributed by atoms with E-state index in [-0.39, 0.29) is 16.1 Å². The Morgan fingerprint density at radius 3 is 2.41 bits per heavy atom. The van der Waals surface area contributed by atoms with Crippen LogP contribution in [0.1, 0.15) is 53.5 Å². The van der Waals surface area contributed by atoms with E-state index in [2.05, 4.69) is 5.43 Å². The predicted molar refractivity (Wildman–Crippen MR) is 115 cm³/mol. The molecule has 0 unspecified atom stereocenters. The van der Waals surface area contributed by atoms with Gasteiger partial charge in [0.2, 0.25) is 0 Å². The SMILES string of the molecule is CC(C)(C)N(NC(=O)c1ccc2c(c1Cl)CCCO2)C(=O)c1ccc(Cl)cc1Cl. The molecule has 154 valence electrons. The summed E-state index contributed by atoms with van der Waals surface area (Å²) in [6.07, 6.45) is 1.57. The van der Waals surface area contributed by atoms with Gasteiger partial charge in [0.1, 0.15) is 5.75 Å². The first-order valence-corrected chi connectivity index (χ1v) is 10.3. The first kappa shape index (κ1) is 21.8. The van der Waals surface area contributed by atoms with Crippen LogP contribution in [-0.4, -0.2) is 29.0 Å². The van der Waals surface area contributed by atoms with E-state index >= 15 is 0 Å². The third kappa shape index (κ3) is 4.63. The Morgan fingerprint density at radius 2 is 1.76 bits per heavy atom. The lowest BCUT2D eigenvalue weighted by molar-refractivity contribution is 0.0358. The Hall–Kier alpha value is -1.95. The highest BCUT2D eigenvalue weighted by atomic mass is 35.5. The molecule has 2 aromatic carbocycles. The molecule has 0 radical (unpaired) electrons. The van der Waals surface area contributed by atoms with Crippen molar-refractivity contribution in [3.8, 4) is 5.75 Å². The van der Waals surface area contributed by atoms with Crippen molar-refractivity contribution in [1.29, 1.82) is 0 Å². The number of hydrogen-bond donors (Lipinski definition) is 1. The highest BCUT2D eigenvalue weighted by Crippen LogP contribution is 2.34. The fourth-order valence-corrected chi connectivity index (χ4v) is 3.87. The van der Waals surface area contributed by atoms with Crippen molar-refractivity contribution in [3.05, 3.63) is 62.1 Å². The molecule has 0 bridgehead atoms. The van der Waals surface area contributed by atoms with E-state index in [4.69, 9.17) is 39.5 Å². The Labute approximate surface area is 184 Å². The molecule has 29 heavy (non-hydrogen) atoms. The molecule has 0 saturated carbocycles. The van der Waals surface area contributed by atoms with Gasteiger partial charge in [-0.25, -0.2) is 5.01 Å². The van der Waals surface area contributed by atoms with Crippen LogP contribution in [0.3, 0.4) is 0 Å². The lowest BCUT2D eigenvalue weighted by Gasteiger charge is -2.36. The van der Waals surface area contributed by atoms with Crippen LogP contribution in [0.15, 0.2) is 30.3 Å². The number of rotatable bonds is 2. The van der Waals surface area contributed by atoms with E-state index in [0.717, 1.165) is 18.4 Å². The van der Waals surface area contributed by atoms with Gasteiger partial charge < -0.3 is 4.74 Å². The number of carbonyl (C=O) groups is 2. The summed E-state index contributed by atoms with van der Waals surface area (Å²) in [5, 5.41) is 2.21. The molecule has 3 rings (SSSR count). The molecular weight excluding hydrogens is 435 g/mol. The molecule has 5 nitrogen and oxygen atoms in total. The first-order chi connectivity index (χ1) is 13.6. The lowest BCUT2D eigenvalue weighted by atomic mass is 10.0. The second kappa shape index (κ2) is 8.42. The van der Waals surface area contributed by atoms with E-state index in [1.807, 2.05) is 0 Å². The second-order valence-corrected chi connectivity index (χ2v) is 8.95. The number of amides is 2. The molecule has 0 aromatic heterocycles. The van der Waals surface area contributed by atoms with Gasteiger partial charge in [0.25, 0.3) is 11.8 Å². The lowest BCUT2D eigenvalue weighted by Crippen LogP contribution is -2.56. The molecule has 0 atom stereocenters. The van der Waals surface area contributed by atoms with Crippen LogP contribution in [-0.2, 0) is 6.42 Å². The van der Waals surface area contributed by atoms with E-state index in [1.54, 1.807) is 39.0 Å². The van der Waals surface area contributed by atoms with Gasteiger partial charge in [-0.2, -0.15) is 0 Å². The smallest absolute Gasteiger partial charge is 0.274 e. The molecular formula is C21H21Cl3N2O3. The summed E-state index contributed by atoms with van der Waals surface area (Å²) in [5.74, 6) is -0.254. The minimum atomic E-state index is -0.723. The molecule has 0 spiro atoms. The number of fused-ring (bicyclic) bond motifs is 1. The zero-order valence-corrected chi connectivity index (χ0v) is 18.6. The molecule has 1 aliphatic rings. The average molecular weight is 456 g/mol. The normalized spacial score (nSPS) is 13.3. The average Bonchev–Trinajstić information content (AvgIpc) is 2.65. The molecule has 1 N–H and O–H groups in total. The van der Waals surface area contributed by atoms with Gasteiger partial charge in [-0.3, -0.25) is 15.0 Å².